The standard InChI is InChI=1S/C32H42N6O4/c1-20(2)12-15-25-19-26(36-27(34-25)22-10-9-11-23(33)18-22)21-13-16-24(17-14-21)35-28(37-29(39)41-31(3,4)5)38-30(40)42-32(6,7)8/h9-11,13-14,16-20H,12,15,33H2,1-8H3,(H2,35,37,38,39,40). The average molecular weight is 575 g/mol. The number of nitrogens with two attached hydrogens (primary N) is 1. The van der Waals surface area contributed by atoms with Gasteiger partial charge >= 0.3 is 12.2 Å². The molecule has 0 aliphatic heterocycles. The van der Waals surface area contributed by atoms with Crippen LogP contribution in [0.1, 0.15) is 67.5 Å². The lowest BCUT2D eigenvalue weighted by Gasteiger charge is -2.22. The van der Waals surface area contributed by atoms with Gasteiger partial charge in [-0.2, -0.15) is 0 Å². The van der Waals surface area contributed by atoms with Crippen LogP contribution in [0, 0.1) is 5.92 Å². The molecular formula is C32H42N6O4. The zero-order chi connectivity index (χ0) is 31.1. The fraction of sp³-hybridized carbons (Fsp3) is 0.406. The average Bonchev–Trinajstić information content (AvgIpc) is 2.85. The van der Waals surface area contributed by atoms with Crippen LogP contribution in [0.5, 0.6) is 0 Å². The molecule has 10 heteroatoms. The van der Waals surface area contributed by atoms with Crippen LogP contribution in [-0.2, 0) is 15.9 Å². The maximum atomic E-state index is 12.4. The van der Waals surface area contributed by atoms with Crippen LogP contribution in [0.3, 0.4) is 0 Å². The van der Waals surface area contributed by atoms with Gasteiger partial charge in [-0.3, -0.25) is 10.6 Å². The Bertz CT molecular complexity index is 1390. The van der Waals surface area contributed by atoms with Crippen molar-refractivity contribution < 1.29 is 19.1 Å². The molecule has 0 aliphatic carbocycles. The van der Waals surface area contributed by atoms with Crippen LogP contribution in [0.25, 0.3) is 22.6 Å². The molecule has 0 bridgehead atoms. The van der Waals surface area contributed by atoms with Crippen molar-refractivity contribution in [2.75, 3.05) is 5.73 Å². The molecule has 224 valence electrons. The molecule has 3 aromatic rings. The van der Waals surface area contributed by atoms with Gasteiger partial charge in [0.2, 0.25) is 5.96 Å². The first-order chi connectivity index (χ1) is 19.6. The lowest BCUT2D eigenvalue weighted by Crippen LogP contribution is -2.47. The van der Waals surface area contributed by atoms with Gasteiger partial charge in [0.1, 0.15) is 11.2 Å². The van der Waals surface area contributed by atoms with E-state index < -0.39 is 23.4 Å². The van der Waals surface area contributed by atoms with Gasteiger partial charge in [-0.15, -0.1) is 0 Å². The van der Waals surface area contributed by atoms with Crippen LogP contribution < -0.4 is 16.4 Å². The summed E-state index contributed by atoms with van der Waals surface area (Å²) in [6.07, 6.45) is 0.287. The SMILES string of the molecule is CC(C)CCc1cc(-c2ccc(N=C(NC(=O)OC(C)(C)C)NC(=O)OC(C)(C)C)cc2)nc(-c2cccc(N)c2)n1. The van der Waals surface area contributed by atoms with Gasteiger partial charge < -0.3 is 15.2 Å². The number of anilines is 1. The number of ether oxygens (including phenoxy) is 2. The van der Waals surface area contributed by atoms with E-state index in [9.17, 15) is 9.59 Å². The molecule has 0 fully saturated rings. The van der Waals surface area contributed by atoms with E-state index in [4.69, 9.17) is 25.2 Å². The minimum Gasteiger partial charge on any atom is -0.444 e. The number of nitrogen functional groups attached to an aromatic ring is 1. The molecular weight excluding hydrogens is 532 g/mol. The Kier molecular flexibility index (Phi) is 10.3. The van der Waals surface area contributed by atoms with Crippen LogP contribution >= 0.6 is 0 Å². The number of carbonyl (C=O) groups is 2. The first-order valence-corrected chi connectivity index (χ1v) is 14.0. The Labute approximate surface area is 248 Å². The van der Waals surface area contributed by atoms with E-state index in [1.54, 1.807) is 53.7 Å². The number of amides is 2. The van der Waals surface area contributed by atoms with E-state index in [2.05, 4.69) is 29.5 Å². The number of aryl methyl sites for hydroxylation is 1. The second-order valence-electron chi connectivity index (χ2n) is 12.4. The highest BCUT2D eigenvalue weighted by molar-refractivity contribution is 6.02. The Hall–Kier alpha value is -4.47. The first kappa shape index (κ1) is 32.0. The molecule has 0 saturated carbocycles. The van der Waals surface area contributed by atoms with Crippen molar-refractivity contribution in [3.8, 4) is 22.6 Å². The van der Waals surface area contributed by atoms with Crippen LogP contribution in [0.2, 0.25) is 0 Å². The second kappa shape index (κ2) is 13.5. The van der Waals surface area contributed by atoms with Crippen molar-refractivity contribution in [2.45, 2.75) is 79.4 Å². The van der Waals surface area contributed by atoms with Crippen LogP contribution in [-0.4, -0.2) is 39.3 Å². The summed E-state index contributed by atoms with van der Waals surface area (Å²) in [7, 11) is 0. The first-order valence-electron chi connectivity index (χ1n) is 14.0. The molecule has 2 aromatic carbocycles. The quantitative estimate of drug-likeness (QED) is 0.163. The highest BCUT2D eigenvalue weighted by Gasteiger charge is 2.21. The second-order valence-corrected chi connectivity index (χ2v) is 12.4. The zero-order valence-corrected chi connectivity index (χ0v) is 25.7. The Morgan fingerprint density at radius 2 is 1.45 bits per heavy atom. The number of carbonyl (C=O) groups excluding carboxylic acids is 2. The number of rotatable bonds is 6. The molecule has 0 saturated heterocycles. The summed E-state index contributed by atoms with van der Waals surface area (Å²) in [5.41, 5.74) is 9.07. The normalized spacial score (nSPS) is 11.5. The topological polar surface area (TPSA) is 141 Å². The number of alkyl carbamates (subject to hydrolysis) is 2. The molecule has 1 aromatic heterocycles. The summed E-state index contributed by atoms with van der Waals surface area (Å²) in [5.74, 6) is 1.01. The molecule has 0 radical (unpaired) electrons. The molecule has 0 unspecified atom stereocenters. The van der Waals surface area contributed by atoms with Crippen molar-refractivity contribution in [1.82, 2.24) is 20.6 Å². The van der Waals surface area contributed by atoms with Crippen molar-refractivity contribution in [3.05, 3.63) is 60.3 Å². The minimum absolute atomic E-state index is 0.131. The fourth-order valence-electron chi connectivity index (χ4n) is 3.74. The van der Waals surface area contributed by atoms with Crippen molar-refractivity contribution >= 4 is 29.5 Å². The number of nitrogens with one attached hydrogen (secondary N) is 2. The summed E-state index contributed by atoms with van der Waals surface area (Å²) in [5, 5.41) is 4.98. The van der Waals surface area contributed by atoms with Crippen molar-refractivity contribution in [2.24, 2.45) is 10.9 Å². The van der Waals surface area contributed by atoms with E-state index in [0.717, 1.165) is 35.4 Å². The minimum atomic E-state index is -0.766. The lowest BCUT2D eigenvalue weighted by atomic mass is 10.0. The monoisotopic (exact) mass is 574 g/mol. The predicted molar refractivity (Wildman–Crippen MR) is 166 cm³/mol. The van der Waals surface area contributed by atoms with Gasteiger partial charge in [0.05, 0.1) is 11.4 Å². The Balaban J connectivity index is 1.93. The van der Waals surface area contributed by atoms with Gasteiger partial charge in [-0.05, 0) is 90.6 Å². The molecule has 0 atom stereocenters. The number of nitrogens with zero attached hydrogens (tertiary/aromatic N) is 3. The maximum absolute atomic E-state index is 12.4. The molecule has 1 heterocycles. The van der Waals surface area contributed by atoms with Gasteiger partial charge in [0.25, 0.3) is 0 Å². The number of hydrogen-bond donors (Lipinski definition) is 3. The third-order valence-corrected chi connectivity index (χ3v) is 5.54. The van der Waals surface area contributed by atoms with Gasteiger partial charge in [-0.25, -0.2) is 24.5 Å². The molecule has 4 N–H and O–H groups in total. The molecule has 10 nitrogen and oxygen atoms in total. The summed E-state index contributed by atoms with van der Waals surface area (Å²) < 4.78 is 10.6. The van der Waals surface area contributed by atoms with E-state index >= 15 is 0 Å². The Morgan fingerprint density at radius 1 is 0.857 bits per heavy atom. The van der Waals surface area contributed by atoms with E-state index in [1.807, 2.05) is 42.5 Å². The van der Waals surface area contributed by atoms with Crippen LogP contribution in [0.4, 0.5) is 21.0 Å². The molecule has 0 aliphatic rings. The molecule has 3 rings (SSSR count). The number of aliphatic imine (C=N–C) groups is 1. The number of benzene rings is 2. The summed E-state index contributed by atoms with van der Waals surface area (Å²) in [6, 6.07) is 16.8. The Morgan fingerprint density at radius 3 is 1.98 bits per heavy atom. The van der Waals surface area contributed by atoms with Gasteiger partial charge in [-0.1, -0.05) is 38.1 Å². The van der Waals surface area contributed by atoms with Crippen molar-refractivity contribution in [1.29, 1.82) is 0 Å². The van der Waals surface area contributed by atoms with E-state index in [-0.39, 0.29) is 5.96 Å². The van der Waals surface area contributed by atoms with E-state index in [0.29, 0.717) is 23.1 Å². The smallest absolute Gasteiger partial charge is 0.414 e. The fourth-order valence-corrected chi connectivity index (χ4v) is 3.74. The van der Waals surface area contributed by atoms with E-state index in [1.165, 1.54) is 0 Å². The van der Waals surface area contributed by atoms with Crippen LogP contribution in [0.15, 0.2) is 59.6 Å². The number of aromatic nitrogens is 2. The molecule has 2 amide bonds. The third kappa shape index (κ3) is 10.8. The summed E-state index contributed by atoms with van der Waals surface area (Å²) in [6.45, 7) is 14.8. The maximum Gasteiger partial charge on any atom is 0.414 e. The molecule has 42 heavy (non-hydrogen) atoms. The molecule has 0 spiro atoms. The lowest BCUT2D eigenvalue weighted by molar-refractivity contribution is 0.0545. The van der Waals surface area contributed by atoms with Gasteiger partial charge in [0, 0.05) is 22.5 Å². The summed E-state index contributed by atoms with van der Waals surface area (Å²) >= 11 is 0. The highest BCUT2D eigenvalue weighted by Crippen LogP contribution is 2.26. The van der Waals surface area contributed by atoms with Gasteiger partial charge in [0.15, 0.2) is 5.82 Å². The largest absolute Gasteiger partial charge is 0.444 e. The highest BCUT2D eigenvalue weighted by atomic mass is 16.6. The van der Waals surface area contributed by atoms with Crippen molar-refractivity contribution in [3.63, 3.8) is 0 Å². The zero-order valence-electron chi connectivity index (χ0n) is 25.7. The number of hydrogen-bond acceptors (Lipinski definition) is 8. The predicted octanol–water partition coefficient (Wildman–Crippen LogP) is 7.02. The summed E-state index contributed by atoms with van der Waals surface area (Å²) in [4.78, 5) is 38.9. The number of guanidine groups is 1. The third-order valence-electron chi connectivity index (χ3n) is 5.54.